The second-order valence-corrected chi connectivity index (χ2v) is 15.5. The van der Waals surface area contributed by atoms with E-state index in [1.54, 1.807) is 13.8 Å². The summed E-state index contributed by atoms with van der Waals surface area (Å²) in [5.74, 6) is 1.94. The number of benzene rings is 2. The average Bonchev–Trinajstić information content (AvgIpc) is 2.87. The number of hydrogen-bond acceptors (Lipinski definition) is 5. The molecule has 4 fully saturated rings. The molecule has 6 rings (SSSR count). The Hall–Kier alpha value is -2.43. The lowest BCUT2D eigenvalue weighted by atomic mass is 9.48. The van der Waals surface area contributed by atoms with Crippen LogP contribution in [-0.2, 0) is 30.3 Å². The lowest BCUT2D eigenvalue weighted by Crippen LogP contribution is -2.48. The van der Waals surface area contributed by atoms with E-state index in [1.807, 2.05) is 12.1 Å². The van der Waals surface area contributed by atoms with E-state index in [4.69, 9.17) is 0 Å². The van der Waals surface area contributed by atoms with Gasteiger partial charge in [-0.1, -0.05) is 26.0 Å². The highest BCUT2D eigenvalue weighted by Crippen LogP contribution is 2.60. The number of carbonyl (C=O) groups is 1. The molecule has 1 N–H and O–H groups in total. The molecule has 8 nitrogen and oxygen atoms in total. The molecular formula is C29H39N3O5S2. The molecule has 212 valence electrons. The van der Waals surface area contributed by atoms with Crippen molar-refractivity contribution in [3.63, 3.8) is 0 Å². The first-order chi connectivity index (χ1) is 18.4. The number of rotatable bonds is 10. The standard InChI is InChI=1S/C29H39N3O5S2/c1-4-31(5-2)39(36,37)27-12-8-25(9-13-27)30-28(33)20-32(38(3,34)35)26-10-6-24(7-11-26)29-17-21-14-22(18-29)16-23(15-21)19-29/h6-13,21-23H,4-5,14-20H2,1-3H3,(H,30,33). The van der Waals surface area contributed by atoms with Gasteiger partial charge in [0, 0.05) is 18.8 Å². The van der Waals surface area contributed by atoms with E-state index < -0.39 is 26.0 Å². The Labute approximate surface area is 232 Å². The third kappa shape index (κ3) is 5.60. The van der Waals surface area contributed by atoms with Gasteiger partial charge in [-0.05, 0) is 104 Å². The Morgan fingerprint density at radius 2 is 1.36 bits per heavy atom. The van der Waals surface area contributed by atoms with Crippen LogP contribution < -0.4 is 9.62 Å². The highest BCUT2D eigenvalue weighted by Gasteiger charge is 2.51. The minimum atomic E-state index is -3.72. The maximum Gasteiger partial charge on any atom is 0.245 e. The van der Waals surface area contributed by atoms with E-state index in [0.717, 1.165) is 28.3 Å². The van der Waals surface area contributed by atoms with Gasteiger partial charge in [0.2, 0.25) is 26.0 Å². The lowest BCUT2D eigenvalue weighted by Gasteiger charge is -2.57. The molecule has 0 aromatic heterocycles. The van der Waals surface area contributed by atoms with E-state index in [2.05, 4.69) is 17.4 Å². The molecule has 4 saturated carbocycles. The second-order valence-electron chi connectivity index (χ2n) is 11.7. The van der Waals surface area contributed by atoms with E-state index in [9.17, 15) is 21.6 Å². The number of carbonyl (C=O) groups excluding carboxylic acids is 1. The van der Waals surface area contributed by atoms with Crippen molar-refractivity contribution in [2.75, 3.05) is 35.5 Å². The van der Waals surface area contributed by atoms with Crippen molar-refractivity contribution in [1.29, 1.82) is 0 Å². The van der Waals surface area contributed by atoms with Crippen molar-refractivity contribution < 1.29 is 21.6 Å². The molecule has 0 heterocycles. The maximum atomic E-state index is 12.9. The summed E-state index contributed by atoms with van der Waals surface area (Å²) in [7, 11) is -7.32. The first-order valence-corrected chi connectivity index (χ1v) is 17.2. The molecule has 39 heavy (non-hydrogen) atoms. The normalized spacial score (nSPS) is 26.1. The third-order valence-electron chi connectivity index (χ3n) is 8.97. The first kappa shape index (κ1) is 28.1. The van der Waals surface area contributed by atoms with Gasteiger partial charge in [0.25, 0.3) is 0 Å². The Morgan fingerprint density at radius 1 is 0.846 bits per heavy atom. The van der Waals surface area contributed by atoms with E-state index in [1.165, 1.54) is 72.7 Å². The first-order valence-electron chi connectivity index (χ1n) is 13.9. The van der Waals surface area contributed by atoms with Crippen LogP contribution in [0.4, 0.5) is 11.4 Å². The van der Waals surface area contributed by atoms with Crippen molar-refractivity contribution in [3.8, 4) is 0 Å². The lowest BCUT2D eigenvalue weighted by molar-refractivity contribution is -0.114. The molecule has 4 aliphatic carbocycles. The van der Waals surface area contributed by atoms with Gasteiger partial charge in [-0.2, -0.15) is 4.31 Å². The summed E-state index contributed by atoms with van der Waals surface area (Å²) in [4.78, 5) is 13.0. The van der Waals surface area contributed by atoms with Crippen molar-refractivity contribution in [2.45, 2.75) is 62.7 Å². The Morgan fingerprint density at radius 3 is 1.82 bits per heavy atom. The number of hydrogen-bond donors (Lipinski definition) is 1. The molecular weight excluding hydrogens is 534 g/mol. The van der Waals surface area contributed by atoms with Gasteiger partial charge >= 0.3 is 0 Å². The van der Waals surface area contributed by atoms with Crippen LogP contribution in [0.2, 0.25) is 0 Å². The van der Waals surface area contributed by atoms with Gasteiger partial charge in [0.05, 0.1) is 16.8 Å². The fourth-order valence-corrected chi connectivity index (χ4v) is 9.91. The number of anilines is 2. The van der Waals surface area contributed by atoms with Crippen molar-refractivity contribution in [3.05, 3.63) is 54.1 Å². The average molecular weight is 574 g/mol. The molecule has 0 unspecified atom stereocenters. The maximum absolute atomic E-state index is 12.9. The number of nitrogens with one attached hydrogen (secondary N) is 1. The number of sulfonamides is 2. The largest absolute Gasteiger partial charge is 0.325 e. The predicted octanol–water partition coefficient (Wildman–Crippen LogP) is 4.59. The summed E-state index contributed by atoms with van der Waals surface area (Å²) >= 11 is 0. The summed E-state index contributed by atoms with van der Waals surface area (Å²) in [5.41, 5.74) is 2.36. The number of amides is 1. The van der Waals surface area contributed by atoms with Crippen LogP contribution in [0.25, 0.3) is 0 Å². The smallest absolute Gasteiger partial charge is 0.245 e. The highest BCUT2D eigenvalue weighted by atomic mass is 32.2. The molecule has 10 heteroatoms. The predicted molar refractivity (Wildman–Crippen MR) is 154 cm³/mol. The molecule has 0 saturated heterocycles. The van der Waals surface area contributed by atoms with Gasteiger partial charge in [-0.3, -0.25) is 9.10 Å². The summed E-state index contributed by atoms with van der Waals surface area (Å²) in [5, 5.41) is 2.70. The monoisotopic (exact) mass is 573 g/mol. The Bertz CT molecular complexity index is 1380. The fourth-order valence-electron chi connectivity index (χ4n) is 7.60. The molecule has 4 bridgehead atoms. The molecule has 2 aromatic carbocycles. The van der Waals surface area contributed by atoms with E-state index in [-0.39, 0.29) is 16.9 Å². The molecule has 0 aliphatic heterocycles. The van der Waals surface area contributed by atoms with Gasteiger partial charge in [0.15, 0.2) is 0 Å². The van der Waals surface area contributed by atoms with Crippen LogP contribution in [-0.4, -0.2) is 52.9 Å². The van der Waals surface area contributed by atoms with Gasteiger partial charge < -0.3 is 5.32 Å². The zero-order chi connectivity index (χ0) is 28.0. The van der Waals surface area contributed by atoms with E-state index in [0.29, 0.717) is 24.5 Å². The SMILES string of the molecule is CCN(CC)S(=O)(=O)c1ccc(NC(=O)CN(c2ccc(C34CC5CC(CC(C5)C3)C4)cc2)S(C)(=O)=O)cc1. The van der Waals surface area contributed by atoms with Crippen LogP contribution in [0, 0.1) is 17.8 Å². The molecule has 0 radical (unpaired) electrons. The topological polar surface area (TPSA) is 104 Å². The van der Waals surface area contributed by atoms with Crippen LogP contribution in [0.15, 0.2) is 53.4 Å². The minimum Gasteiger partial charge on any atom is -0.325 e. The minimum absolute atomic E-state index is 0.140. The quantitative estimate of drug-likeness (QED) is 0.448. The third-order valence-corrected chi connectivity index (χ3v) is 12.2. The van der Waals surface area contributed by atoms with Crippen LogP contribution in [0.1, 0.15) is 57.9 Å². The number of nitrogens with zero attached hydrogens (tertiary/aromatic N) is 2. The zero-order valence-corrected chi connectivity index (χ0v) is 24.6. The Kier molecular flexibility index (Phi) is 7.58. The van der Waals surface area contributed by atoms with Gasteiger partial charge in [-0.25, -0.2) is 16.8 Å². The fraction of sp³-hybridized carbons (Fsp3) is 0.552. The van der Waals surface area contributed by atoms with Crippen molar-refractivity contribution in [2.24, 2.45) is 17.8 Å². The van der Waals surface area contributed by atoms with Crippen LogP contribution in [0.5, 0.6) is 0 Å². The highest BCUT2D eigenvalue weighted by molar-refractivity contribution is 7.92. The summed E-state index contributed by atoms with van der Waals surface area (Å²) < 4.78 is 53.2. The van der Waals surface area contributed by atoms with Crippen LogP contribution >= 0.6 is 0 Å². The molecule has 1 amide bonds. The molecule has 0 atom stereocenters. The van der Waals surface area contributed by atoms with Gasteiger partial charge in [-0.15, -0.1) is 0 Å². The second kappa shape index (κ2) is 10.5. The van der Waals surface area contributed by atoms with Crippen LogP contribution in [0.3, 0.4) is 0 Å². The molecule has 4 aliphatic rings. The van der Waals surface area contributed by atoms with E-state index >= 15 is 0 Å². The van der Waals surface area contributed by atoms with Gasteiger partial charge in [0.1, 0.15) is 6.54 Å². The molecule has 2 aromatic rings. The summed E-state index contributed by atoms with van der Waals surface area (Å²) in [6.07, 6.45) is 8.87. The zero-order valence-electron chi connectivity index (χ0n) is 23.0. The Balaban J connectivity index is 1.28. The molecule has 0 spiro atoms. The van der Waals surface area contributed by atoms with Crippen molar-refractivity contribution >= 4 is 37.3 Å². The van der Waals surface area contributed by atoms with Crippen molar-refractivity contribution in [1.82, 2.24) is 4.31 Å². The summed E-state index contributed by atoms with van der Waals surface area (Å²) in [6.45, 7) is 3.90. The summed E-state index contributed by atoms with van der Waals surface area (Å²) in [6, 6.07) is 13.7.